The summed E-state index contributed by atoms with van der Waals surface area (Å²) in [4.78, 5) is 0. The van der Waals surface area contributed by atoms with Gasteiger partial charge < -0.3 is 0 Å². The molecule has 0 aliphatic rings. The van der Waals surface area contributed by atoms with E-state index in [0.29, 0.717) is 6.42 Å². The van der Waals surface area contributed by atoms with E-state index in [-0.39, 0.29) is 11.5 Å². The molecule has 0 aliphatic carbocycles. The van der Waals surface area contributed by atoms with Gasteiger partial charge in [0, 0.05) is 5.54 Å². The molecule has 3 nitrogen and oxygen atoms in total. The molecule has 0 bridgehead atoms. The Morgan fingerprint density at radius 3 is 2.29 bits per heavy atom. The molecule has 0 saturated carbocycles. The Bertz CT molecular complexity index is 263. The van der Waals surface area contributed by atoms with Crippen LogP contribution in [0.3, 0.4) is 0 Å². The van der Waals surface area contributed by atoms with Gasteiger partial charge in [-0.25, -0.2) is 8.42 Å². The summed E-state index contributed by atoms with van der Waals surface area (Å²) in [6.07, 6.45) is 1.76. The van der Waals surface area contributed by atoms with Gasteiger partial charge in [-0.15, -0.1) is 3.94 Å². The number of halogens is 2. The van der Waals surface area contributed by atoms with Crippen LogP contribution in [0.4, 0.5) is 0 Å². The molecule has 0 N–H and O–H groups in total. The minimum absolute atomic E-state index is 0.00630. The molecule has 0 spiro atoms. The molecule has 0 fully saturated rings. The van der Waals surface area contributed by atoms with Crippen LogP contribution in [-0.2, 0) is 9.84 Å². The average Bonchev–Trinajstić information content (AvgIpc) is 2.01. The van der Waals surface area contributed by atoms with E-state index in [1.54, 1.807) is 13.8 Å². The van der Waals surface area contributed by atoms with E-state index in [1.807, 2.05) is 0 Å². The highest BCUT2D eigenvalue weighted by Gasteiger charge is 2.26. The maximum atomic E-state index is 11.3. The molecule has 0 aromatic rings. The van der Waals surface area contributed by atoms with E-state index in [9.17, 15) is 8.42 Å². The van der Waals surface area contributed by atoms with Gasteiger partial charge in [-0.05, 0) is 57.2 Å². The van der Waals surface area contributed by atoms with Crippen molar-refractivity contribution in [2.75, 3.05) is 11.5 Å². The van der Waals surface area contributed by atoms with Crippen molar-refractivity contribution in [1.82, 2.24) is 3.94 Å². The molecule has 84 valence electrons. The van der Waals surface area contributed by atoms with Crippen molar-refractivity contribution in [2.45, 2.75) is 25.8 Å². The van der Waals surface area contributed by atoms with Crippen LogP contribution in [0.5, 0.6) is 0 Å². The highest BCUT2D eigenvalue weighted by atomic mass is 35.5. The summed E-state index contributed by atoms with van der Waals surface area (Å²) in [5.74, 6) is 0.0512. The summed E-state index contributed by atoms with van der Waals surface area (Å²) < 4.78 is 23.6. The van der Waals surface area contributed by atoms with E-state index in [2.05, 4.69) is 6.92 Å². The van der Waals surface area contributed by atoms with Crippen molar-refractivity contribution in [2.24, 2.45) is 0 Å². The standard InChI is InChI=1S/C8H15Cl2NO2S/c1-4-6-14(12,13)7-5-8(2,3)11(9)10/h4H,1,5-7H2,2-3H3. The Morgan fingerprint density at radius 2 is 1.93 bits per heavy atom. The average molecular weight is 260 g/mol. The van der Waals surface area contributed by atoms with Gasteiger partial charge in [0.05, 0.1) is 11.5 Å². The molecule has 0 heterocycles. The lowest BCUT2D eigenvalue weighted by Crippen LogP contribution is -2.33. The fourth-order valence-corrected chi connectivity index (χ4v) is 2.26. The summed E-state index contributed by atoms with van der Waals surface area (Å²) in [5.41, 5.74) is -0.544. The van der Waals surface area contributed by atoms with Gasteiger partial charge in [0.25, 0.3) is 0 Å². The molecule has 0 unspecified atom stereocenters. The fraction of sp³-hybridized carbons (Fsp3) is 0.750. The largest absolute Gasteiger partial charge is 0.229 e. The Hall–Kier alpha value is 0.490. The molecule has 0 aliphatic heterocycles. The predicted molar refractivity (Wildman–Crippen MR) is 60.6 cm³/mol. The number of hydrogen-bond donors (Lipinski definition) is 0. The van der Waals surface area contributed by atoms with E-state index < -0.39 is 15.4 Å². The van der Waals surface area contributed by atoms with Crippen LogP contribution in [-0.4, -0.2) is 29.4 Å². The summed E-state index contributed by atoms with van der Waals surface area (Å²) in [6, 6.07) is 0. The minimum atomic E-state index is -3.06. The van der Waals surface area contributed by atoms with E-state index in [1.165, 1.54) is 6.42 Å². The third-order valence-electron chi connectivity index (χ3n) is 1.85. The lowest BCUT2D eigenvalue weighted by Gasteiger charge is -2.27. The first-order valence-corrected chi connectivity index (χ1v) is 6.64. The Balaban J connectivity index is 4.19. The molecular formula is C8H15Cl2NO2S. The van der Waals surface area contributed by atoms with Crippen molar-refractivity contribution in [3.05, 3.63) is 13.3 Å². The lowest BCUT2D eigenvalue weighted by atomic mass is 10.0. The quantitative estimate of drug-likeness (QED) is 0.687. The molecule has 0 amide bonds. The van der Waals surface area contributed by atoms with Gasteiger partial charge in [0.1, 0.15) is 0 Å². The van der Waals surface area contributed by atoms with E-state index in [4.69, 9.17) is 23.6 Å². The smallest absolute Gasteiger partial charge is 0.150 e. The van der Waals surface area contributed by atoms with Crippen molar-refractivity contribution in [1.29, 1.82) is 0 Å². The third kappa shape index (κ3) is 5.39. The second kappa shape index (κ2) is 5.54. The third-order valence-corrected chi connectivity index (χ3v) is 4.34. The summed E-state index contributed by atoms with van der Waals surface area (Å²) >= 11 is 11.1. The molecular weight excluding hydrogens is 245 g/mol. The zero-order chi connectivity index (χ0) is 11.4. The molecule has 6 heteroatoms. The van der Waals surface area contributed by atoms with Crippen LogP contribution in [0.1, 0.15) is 20.3 Å². The van der Waals surface area contributed by atoms with E-state index in [0.717, 1.165) is 3.94 Å². The summed E-state index contributed by atoms with van der Waals surface area (Å²) in [5, 5.41) is 0. The zero-order valence-corrected chi connectivity index (χ0v) is 10.7. The van der Waals surface area contributed by atoms with Crippen LogP contribution in [0.15, 0.2) is 0 Å². The molecule has 14 heavy (non-hydrogen) atoms. The topological polar surface area (TPSA) is 37.4 Å². The second-order valence-electron chi connectivity index (χ2n) is 3.70. The minimum Gasteiger partial charge on any atom is -0.229 e. The second-order valence-corrected chi connectivity index (χ2v) is 6.78. The highest BCUT2D eigenvalue weighted by molar-refractivity contribution is 7.91. The van der Waals surface area contributed by atoms with E-state index >= 15 is 0 Å². The van der Waals surface area contributed by atoms with Crippen molar-refractivity contribution in [3.63, 3.8) is 0 Å². The highest BCUT2D eigenvalue weighted by Crippen LogP contribution is 2.24. The van der Waals surface area contributed by atoms with Crippen LogP contribution >= 0.6 is 23.6 Å². The summed E-state index contributed by atoms with van der Waals surface area (Å²) in [6.45, 7) is 6.93. The number of sulfone groups is 1. The van der Waals surface area contributed by atoms with Crippen LogP contribution in [0.2, 0.25) is 0 Å². The number of hydrogen-bond acceptors (Lipinski definition) is 3. The zero-order valence-electron chi connectivity index (χ0n) is 8.33. The van der Waals surface area contributed by atoms with Crippen LogP contribution in [0.25, 0.3) is 0 Å². The van der Waals surface area contributed by atoms with Gasteiger partial charge in [0.15, 0.2) is 9.84 Å². The van der Waals surface area contributed by atoms with Crippen molar-refractivity contribution >= 4 is 33.4 Å². The normalized spacial score (nSPS) is 13.6. The first-order chi connectivity index (χ1) is 6.21. The molecule has 0 rings (SSSR count). The van der Waals surface area contributed by atoms with Crippen LogP contribution < -0.4 is 0 Å². The van der Waals surface area contributed by atoms with Gasteiger partial charge >= 0.3 is 0 Å². The Labute approximate surface area is 96.5 Å². The Morgan fingerprint density at radius 1 is 1.43 bits per heavy atom. The molecule has 0 atom stereocenters. The fourth-order valence-electron chi connectivity index (χ4n) is 0.753. The molecule has 0 saturated heterocycles. The lowest BCUT2D eigenvalue weighted by molar-refractivity contribution is 0.341. The number of nitrogens with zero attached hydrogens (tertiary/aromatic N) is 1. The SMILES string of the molecule is [CH2][CH]CS(=O)(=O)CCC(C)(C)N(Cl)Cl. The molecule has 2 radical (unpaired) electrons. The number of rotatable bonds is 6. The van der Waals surface area contributed by atoms with Gasteiger partial charge in [-0.2, -0.15) is 0 Å². The van der Waals surface area contributed by atoms with Gasteiger partial charge in [0.2, 0.25) is 0 Å². The first kappa shape index (κ1) is 14.5. The maximum absolute atomic E-state index is 11.3. The van der Waals surface area contributed by atoms with Gasteiger partial charge in [-0.1, -0.05) is 0 Å². The van der Waals surface area contributed by atoms with Gasteiger partial charge in [-0.3, -0.25) is 0 Å². The Kier molecular flexibility index (Phi) is 5.73. The summed E-state index contributed by atoms with van der Waals surface area (Å²) in [7, 11) is -3.06. The maximum Gasteiger partial charge on any atom is 0.150 e. The first-order valence-electron chi connectivity index (χ1n) is 4.14. The van der Waals surface area contributed by atoms with Crippen molar-refractivity contribution in [3.8, 4) is 0 Å². The monoisotopic (exact) mass is 259 g/mol. The molecule has 0 aromatic heterocycles. The predicted octanol–water partition coefficient (Wildman–Crippen LogP) is 2.22. The molecule has 0 aromatic carbocycles. The van der Waals surface area contributed by atoms with Crippen molar-refractivity contribution < 1.29 is 8.42 Å². The van der Waals surface area contributed by atoms with Crippen LogP contribution in [0, 0.1) is 13.3 Å².